The lowest BCUT2D eigenvalue weighted by atomic mass is 10.2. The number of hydrogen-bond donors (Lipinski definition) is 1. The summed E-state index contributed by atoms with van der Waals surface area (Å²) in [6.45, 7) is 0.927. The van der Waals surface area contributed by atoms with Gasteiger partial charge < -0.3 is 5.32 Å². The lowest BCUT2D eigenvalue weighted by Crippen LogP contribution is -2.09. The predicted octanol–water partition coefficient (Wildman–Crippen LogP) is 3.23. The van der Waals surface area contributed by atoms with Crippen LogP contribution in [-0.2, 0) is 6.42 Å². The molecule has 0 spiro atoms. The zero-order valence-corrected chi connectivity index (χ0v) is 10.6. The Kier molecular flexibility index (Phi) is 3.93. The third-order valence-electron chi connectivity index (χ3n) is 2.27. The van der Waals surface area contributed by atoms with Crippen LogP contribution in [0.4, 0.5) is 0 Å². The lowest BCUT2D eigenvalue weighted by Gasteiger charge is -1.95. The average Bonchev–Trinajstić information content (AvgIpc) is 2.69. The molecular formula is C12H13ClN2S. The summed E-state index contributed by atoms with van der Waals surface area (Å²) >= 11 is 7.77. The van der Waals surface area contributed by atoms with Crippen LogP contribution in [0.25, 0.3) is 10.6 Å². The minimum Gasteiger partial charge on any atom is -0.319 e. The quantitative estimate of drug-likeness (QED) is 0.904. The second-order valence-corrected chi connectivity index (χ2v) is 4.89. The largest absolute Gasteiger partial charge is 0.319 e. The molecule has 84 valence electrons. The number of aromatic nitrogens is 1. The fourth-order valence-electron chi connectivity index (χ4n) is 1.43. The molecule has 0 aliphatic rings. The van der Waals surface area contributed by atoms with E-state index in [2.05, 4.69) is 22.4 Å². The maximum Gasteiger partial charge on any atom is 0.143 e. The minimum atomic E-state index is 0.638. The Balaban J connectivity index is 2.24. The fraction of sp³-hybridized carbons (Fsp3) is 0.250. The van der Waals surface area contributed by atoms with E-state index in [9.17, 15) is 0 Å². The third kappa shape index (κ3) is 2.61. The number of hydrogen-bond acceptors (Lipinski definition) is 3. The highest BCUT2D eigenvalue weighted by atomic mass is 35.5. The van der Waals surface area contributed by atoms with Gasteiger partial charge in [-0.3, -0.25) is 0 Å². The lowest BCUT2D eigenvalue weighted by molar-refractivity contribution is 0.798. The van der Waals surface area contributed by atoms with Crippen molar-refractivity contribution in [1.29, 1.82) is 0 Å². The molecule has 2 aromatic rings. The normalized spacial score (nSPS) is 10.6. The Labute approximate surface area is 104 Å². The third-order valence-corrected chi connectivity index (χ3v) is 3.86. The number of nitrogens with one attached hydrogen (secondary N) is 1. The molecule has 0 unspecified atom stereocenters. The van der Waals surface area contributed by atoms with Gasteiger partial charge in [0.05, 0.1) is 0 Å². The first-order valence-electron chi connectivity index (χ1n) is 5.16. The van der Waals surface area contributed by atoms with Crippen LogP contribution in [0.5, 0.6) is 0 Å². The summed E-state index contributed by atoms with van der Waals surface area (Å²) in [6, 6.07) is 10.1. The molecule has 0 amide bonds. The van der Waals surface area contributed by atoms with E-state index in [1.54, 1.807) is 11.3 Å². The molecule has 0 atom stereocenters. The Morgan fingerprint density at radius 2 is 2.06 bits per heavy atom. The van der Waals surface area contributed by atoms with E-state index in [1.165, 1.54) is 0 Å². The molecule has 0 fully saturated rings. The topological polar surface area (TPSA) is 24.9 Å². The number of likely N-dealkylation sites (N-methyl/N-ethyl adjacent to an activating group) is 1. The van der Waals surface area contributed by atoms with E-state index in [-0.39, 0.29) is 0 Å². The first-order valence-corrected chi connectivity index (χ1v) is 6.36. The van der Waals surface area contributed by atoms with Crippen molar-refractivity contribution in [2.45, 2.75) is 6.42 Å². The van der Waals surface area contributed by atoms with Crippen LogP contribution >= 0.6 is 22.9 Å². The summed E-state index contributed by atoms with van der Waals surface area (Å²) in [7, 11) is 1.94. The summed E-state index contributed by atoms with van der Waals surface area (Å²) in [5, 5.41) is 4.75. The van der Waals surface area contributed by atoms with E-state index < -0.39 is 0 Å². The molecule has 2 nitrogen and oxygen atoms in total. The van der Waals surface area contributed by atoms with Crippen molar-refractivity contribution in [1.82, 2.24) is 10.3 Å². The van der Waals surface area contributed by atoms with Gasteiger partial charge in [0, 0.05) is 10.4 Å². The first-order chi connectivity index (χ1) is 7.81. The summed E-state index contributed by atoms with van der Waals surface area (Å²) in [5.74, 6) is 0. The monoisotopic (exact) mass is 252 g/mol. The Hall–Kier alpha value is -0.900. The van der Waals surface area contributed by atoms with E-state index in [4.69, 9.17) is 11.6 Å². The minimum absolute atomic E-state index is 0.638. The van der Waals surface area contributed by atoms with Gasteiger partial charge in [0.25, 0.3) is 0 Å². The van der Waals surface area contributed by atoms with Crippen LogP contribution in [0.2, 0.25) is 5.15 Å². The number of rotatable bonds is 4. The van der Waals surface area contributed by atoms with Crippen molar-refractivity contribution in [3.63, 3.8) is 0 Å². The van der Waals surface area contributed by atoms with Crippen molar-refractivity contribution in [3.05, 3.63) is 40.4 Å². The van der Waals surface area contributed by atoms with Crippen molar-refractivity contribution in [2.75, 3.05) is 13.6 Å². The highest BCUT2D eigenvalue weighted by Crippen LogP contribution is 2.30. The van der Waals surface area contributed by atoms with Crippen LogP contribution in [0, 0.1) is 0 Å². The van der Waals surface area contributed by atoms with Gasteiger partial charge in [-0.25, -0.2) is 4.98 Å². The summed E-state index contributed by atoms with van der Waals surface area (Å²) in [5.41, 5.74) is 1.13. The predicted molar refractivity (Wildman–Crippen MR) is 70.2 cm³/mol. The Morgan fingerprint density at radius 1 is 1.31 bits per heavy atom. The molecule has 0 saturated heterocycles. The molecule has 0 bridgehead atoms. The molecule has 1 aromatic carbocycles. The van der Waals surface area contributed by atoms with E-state index in [0.717, 1.165) is 28.4 Å². The highest BCUT2D eigenvalue weighted by Gasteiger charge is 2.09. The van der Waals surface area contributed by atoms with Crippen LogP contribution in [0.3, 0.4) is 0 Å². The van der Waals surface area contributed by atoms with Gasteiger partial charge in [-0.2, -0.15) is 0 Å². The molecule has 1 N–H and O–H groups in total. The van der Waals surface area contributed by atoms with Crippen LogP contribution in [0.15, 0.2) is 30.3 Å². The highest BCUT2D eigenvalue weighted by molar-refractivity contribution is 7.15. The Bertz CT molecular complexity index is 453. The molecule has 16 heavy (non-hydrogen) atoms. The van der Waals surface area contributed by atoms with Crippen molar-refractivity contribution < 1.29 is 0 Å². The molecular weight excluding hydrogens is 240 g/mol. The molecule has 0 aliphatic heterocycles. The first kappa shape index (κ1) is 11.6. The standard InChI is InChI=1S/C12H13ClN2S/c1-14-8-7-10-11(13)15-12(16-10)9-5-3-2-4-6-9/h2-6,14H,7-8H2,1H3. The smallest absolute Gasteiger partial charge is 0.143 e. The number of benzene rings is 1. The second kappa shape index (κ2) is 5.43. The van der Waals surface area contributed by atoms with Crippen LogP contribution in [-0.4, -0.2) is 18.6 Å². The summed E-state index contributed by atoms with van der Waals surface area (Å²) in [6.07, 6.45) is 0.930. The van der Waals surface area contributed by atoms with E-state index in [0.29, 0.717) is 5.15 Å². The number of thiazole rings is 1. The zero-order chi connectivity index (χ0) is 11.4. The number of halogens is 1. The van der Waals surface area contributed by atoms with Gasteiger partial charge in [0.2, 0.25) is 0 Å². The van der Waals surface area contributed by atoms with Gasteiger partial charge in [0.15, 0.2) is 0 Å². The van der Waals surface area contributed by atoms with Crippen molar-refractivity contribution in [3.8, 4) is 10.6 Å². The van der Waals surface area contributed by atoms with Gasteiger partial charge in [-0.1, -0.05) is 41.9 Å². The van der Waals surface area contributed by atoms with Crippen molar-refractivity contribution in [2.24, 2.45) is 0 Å². The summed E-state index contributed by atoms with van der Waals surface area (Å²) < 4.78 is 0. The van der Waals surface area contributed by atoms with E-state index >= 15 is 0 Å². The molecule has 2 rings (SSSR count). The molecule has 0 saturated carbocycles. The van der Waals surface area contributed by atoms with E-state index in [1.807, 2.05) is 25.2 Å². The fourth-order valence-corrected chi connectivity index (χ4v) is 2.73. The molecule has 1 heterocycles. The molecule has 4 heteroatoms. The molecule has 0 radical (unpaired) electrons. The maximum atomic E-state index is 6.10. The van der Waals surface area contributed by atoms with Gasteiger partial charge in [-0.15, -0.1) is 11.3 Å². The zero-order valence-electron chi connectivity index (χ0n) is 9.03. The van der Waals surface area contributed by atoms with Crippen LogP contribution in [0.1, 0.15) is 4.88 Å². The van der Waals surface area contributed by atoms with Crippen molar-refractivity contribution >= 4 is 22.9 Å². The van der Waals surface area contributed by atoms with Crippen LogP contribution < -0.4 is 5.32 Å². The Morgan fingerprint density at radius 3 is 2.75 bits per heavy atom. The SMILES string of the molecule is CNCCc1sc(-c2ccccc2)nc1Cl. The molecule has 0 aliphatic carbocycles. The summed E-state index contributed by atoms with van der Waals surface area (Å²) in [4.78, 5) is 5.54. The molecule has 1 aromatic heterocycles. The second-order valence-electron chi connectivity index (χ2n) is 3.45. The van der Waals surface area contributed by atoms with Gasteiger partial charge in [-0.05, 0) is 20.0 Å². The average molecular weight is 253 g/mol. The maximum absolute atomic E-state index is 6.10. The number of nitrogens with zero attached hydrogens (tertiary/aromatic N) is 1. The van der Waals surface area contributed by atoms with Gasteiger partial charge >= 0.3 is 0 Å². The van der Waals surface area contributed by atoms with Gasteiger partial charge in [0.1, 0.15) is 10.2 Å².